The van der Waals surface area contributed by atoms with E-state index in [0.717, 1.165) is 16.4 Å². The van der Waals surface area contributed by atoms with Crippen LogP contribution in [-0.2, 0) is 0 Å². The van der Waals surface area contributed by atoms with E-state index in [9.17, 15) is 4.79 Å². The van der Waals surface area contributed by atoms with E-state index in [0.29, 0.717) is 17.0 Å². The zero-order valence-corrected chi connectivity index (χ0v) is 8.43. The van der Waals surface area contributed by atoms with Crippen molar-refractivity contribution in [1.29, 1.82) is 0 Å². The molecule has 1 heterocycles. The van der Waals surface area contributed by atoms with Crippen molar-refractivity contribution >= 4 is 33.4 Å². The van der Waals surface area contributed by atoms with E-state index in [1.165, 1.54) is 11.3 Å². The quantitative estimate of drug-likeness (QED) is 0.607. The number of rotatable bonds is 2. The van der Waals surface area contributed by atoms with Crippen LogP contribution in [-0.4, -0.2) is 13.4 Å². The average Bonchev–Trinajstić information content (AvgIpc) is 2.65. The summed E-state index contributed by atoms with van der Waals surface area (Å²) in [4.78, 5) is 10.8. The van der Waals surface area contributed by atoms with Crippen molar-refractivity contribution in [3.63, 3.8) is 0 Å². The van der Waals surface area contributed by atoms with Gasteiger partial charge in [-0.3, -0.25) is 4.79 Å². The molecule has 1 aromatic carbocycles. The van der Waals surface area contributed by atoms with Crippen molar-refractivity contribution in [3.8, 4) is 5.75 Å². The Morgan fingerprint density at radius 2 is 2.36 bits per heavy atom. The summed E-state index contributed by atoms with van der Waals surface area (Å²) < 4.78 is 6.10. The third-order valence-corrected chi connectivity index (χ3v) is 3.04. The molecule has 0 saturated carbocycles. The van der Waals surface area contributed by atoms with Crippen molar-refractivity contribution in [2.75, 3.05) is 12.8 Å². The van der Waals surface area contributed by atoms with Crippen LogP contribution in [0.3, 0.4) is 0 Å². The number of aldehydes is 1. The van der Waals surface area contributed by atoms with E-state index in [-0.39, 0.29) is 0 Å². The highest BCUT2D eigenvalue weighted by molar-refractivity contribution is 7.17. The monoisotopic (exact) mass is 207 g/mol. The first kappa shape index (κ1) is 9.02. The summed E-state index contributed by atoms with van der Waals surface area (Å²) in [5.74, 6) is 0.645. The van der Waals surface area contributed by atoms with Crippen LogP contribution in [0.5, 0.6) is 5.75 Å². The first-order chi connectivity index (χ1) is 6.77. The number of thiophene rings is 1. The van der Waals surface area contributed by atoms with Gasteiger partial charge in [0, 0.05) is 15.6 Å². The third kappa shape index (κ3) is 1.15. The van der Waals surface area contributed by atoms with Crippen molar-refractivity contribution < 1.29 is 9.53 Å². The molecule has 0 aliphatic rings. The van der Waals surface area contributed by atoms with Gasteiger partial charge in [-0.05, 0) is 17.5 Å². The second-order valence-electron chi connectivity index (χ2n) is 2.87. The molecule has 14 heavy (non-hydrogen) atoms. The number of hydrogen-bond donors (Lipinski definition) is 1. The summed E-state index contributed by atoms with van der Waals surface area (Å²) >= 11 is 1.51. The molecule has 0 amide bonds. The maximum Gasteiger partial charge on any atom is 0.151 e. The Morgan fingerprint density at radius 3 is 3.00 bits per heavy atom. The maximum atomic E-state index is 10.8. The number of carbonyl (C=O) groups excluding carboxylic acids is 1. The molecule has 0 radical (unpaired) electrons. The van der Waals surface area contributed by atoms with Gasteiger partial charge in [-0.15, -0.1) is 11.3 Å². The van der Waals surface area contributed by atoms with E-state index in [2.05, 4.69) is 0 Å². The standard InChI is InChI=1S/C10H9NO2S/c1-13-9-7-2-3-14-10(7)6(5-12)4-8(9)11/h2-5H,11H2,1H3. The van der Waals surface area contributed by atoms with E-state index in [4.69, 9.17) is 10.5 Å². The smallest absolute Gasteiger partial charge is 0.151 e. The van der Waals surface area contributed by atoms with E-state index < -0.39 is 0 Å². The lowest BCUT2D eigenvalue weighted by Crippen LogP contribution is -1.94. The van der Waals surface area contributed by atoms with E-state index >= 15 is 0 Å². The lowest BCUT2D eigenvalue weighted by atomic mass is 10.1. The normalized spacial score (nSPS) is 10.4. The summed E-state index contributed by atoms with van der Waals surface area (Å²) in [6.45, 7) is 0. The maximum absolute atomic E-state index is 10.8. The minimum Gasteiger partial charge on any atom is -0.494 e. The summed E-state index contributed by atoms with van der Waals surface area (Å²) in [7, 11) is 1.57. The van der Waals surface area contributed by atoms with Gasteiger partial charge in [0.1, 0.15) is 5.75 Å². The largest absolute Gasteiger partial charge is 0.494 e. The molecule has 0 atom stereocenters. The Bertz CT molecular complexity index is 490. The third-order valence-electron chi connectivity index (χ3n) is 2.08. The molecule has 3 nitrogen and oxygen atoms in total. The Hall–Kier alpha value is -1.55. The van der Waals surface area contributed by atoms with Gasteiger partial charge < -0.3 is 10.5 Å². The molecule has 2 N–H and O–H groups in total. The lowest BCUT2D eigenvalue weighted by molar-refractivity contribution is 0.112. The Morgan fingerprint density at radius 1 is 1.57 bits per heavy atom. The van der Waals surface area contributed by atoms with Crippen molar-refractivity contribution in [3.05, 3.63) is 23.1 Å². The molecule has 0 spiro atoms. The minimum absolute atomic E-state index is 0.500. The van der Waals surface area contributed by atoms with E-state index in [1.54, 1.807) is 13.2 Å². The van der Waals surface area contributed by atoms with E-state index in [1.807, 2.05) is 11.4 Å². The van der Waals surface area contributed by atoms with Crippen molar-refractivity contribution in [1.82, 2.24) is 0 Å². The zero-order chi connectivity index (χ0) is 10.1. The van der Waals surface area contributed by atoms with Crippen LogP contribution >= 0.6 is 11.3 Å². The van der Waals surface area contributed by atoms with Gasteiger partial charge in [0.2, 0.25) is 0 Å². The SMILES string of the molecule is COc1c(N)cc(C=O)c2sccc12. The summed E-state index contributed by atoms with van der Waals surface area (Å²) in [6.07, 6.45) is 0.814. The van der Waals surface area contributed by atoms with Crippen LogP contribution in [0.1, 0.15) is 10.4 Å². The van der Waals surface area contributed by atoms with Crippen LogP contribution in [0.15, 0.2) is 17.5 Å². The van der Waals surface area contributed by atoms with Gasteiger partial charge in [-0.25, -0.2) is 0 Å². The second kappa shape index (κ2) is 3.31. The number of nitrogens with two attached hydrogens (primary N) is 1. The molecule has 2 aromatic rings. The molecule has 72 valence electrons. The summed E-state index contributed by atoms with van der Waals surface area (Å²) in [5.41, 5.74) is 6.87. The lowest BCUT2D eigenvalue weighted by Gasteiger charge is -2.06. The molecule has 0 saturated heterocycles. The molecule has 0 bridgehead atoms. The fraction of sp³-hybridized carbons (Fsp3) is 0.100. The van der Waals surface area contributed by atoms with Gasteiger partial charge in [0.25, 0.3) is 0 Å². The fourth-order valence-electron chi connectivity index (χ4n) is 1.48. The highest BCUT2D eigenvalue weighted by Crippen LogP contribution is 2.36. The van der Waals surface area contributed by atoms with Gasteiger partial charge >= 0.3 is 0 Å². The van der Waals surface area contributed by atoms with Crippen LogP contribution in [0.2, 0.25) is 0 Å². The average molecular weight is 207 g/mol. The topological polar surface area (TPSA) is 52.3 Å². The van der Waals surface area contributed by atoms with Gasteiger partial charge in [-0.1, -0.05) is 0 Å². The number of methoxy groups -OCH3 is 1. The van der Waals surface area contributed by atoms with Crippen LogP contribution in [0, 0.1) is 0 Å². The number of hydrogen-bond acceptors (Lipinski definition) is 4. The molecule has 0 aliphatic heterocycles. The molecule has 0 unspecified atom stereocenters. The fourth-order valence-corrected chi connectivity index (χ4v) is 2.35. The molecular weight excluding hydrogens is 198 g/mol. The number of fused-ring (bicyclic) bond motifs is 1. The highest BCUT2D eigenvalue weighted by Gasteiger charge is 2.10. The van der Waals surface area contributed by atoms with Crippen molar-refractivity contribution in [2.24, 2.45) is 0 Å². The highest BCUT2D eigenvalue weighted by atomic mass is 32.1. The second-order valence-corrected chi connectivity index (χ2v) is 3.79. The van der Waals surface area contributed by atoms with Gasteiger partial charge in [0.15, 0.2) is 6.29 Å². The Labute approximate surface area is 85.1 Å². The van der Waals surface area contributed by atoms with Gasteiger partial charge in [0.05, 0.1) is 12.8 Å². The number of carbonyl (C=O) groups is 1. The number of benzene rings is 1. The number of ether oxygens (including phenoxy) is 1. The predicted molar refractivity (Wildman–Crippen MR) is 58.2 cm³/mol. The molecule has 0 aliphatic carbocycles. The Balaban J connectivity index is 2.88. The first-order valence-electron chi connectivity index (χ1n) is 4.06. The summed E-state index contributed by atoms with van der Waals surface area (Å²) in [5, 5.41) is 2.82. The van der Waals surface area contributed by atoms with Gasteiger partial charge in [-0.2, -0.15) is 0 Å². The summed E-state index contributed by atoms with van der Waals surface area (Å²) in [6, 6.07) is 3.55. The zero-order valence-electron chi connectivity index (χ0n) is 7.61. The number of nitrogen functional groups attached to an aromatic ring is 1. The molecule has 2 rings (SSSR count). The van der Waals surface area contributed by atoms with Crippen LogP contribution in [0.4, 0.5) is 5.69 Å². The Kier molecular flexibility index (Phi) is 2.13. The van der Waals surface area contributed by atoms with Crippen LogP contribution < -0.4 is 10.5 Å². The molecule has 0 fully saturated rings. The first-order valence-corrected chi connectivity index (χ1v) is 4.94. The molecule has 1 aromatic heterocycles. The van der Waals surface area contributed by atoms with Crippen LogP contribution in [0.25, 0.3) is 10.1 Å². The predicted octanol–water partition coefficient (Wildman–Crippen LogP) is 2.30. The minimum atomic E-state index is 0.500. The molecular formula is C10H9NO2S. The molecule has 4 heteroatoms. The van der Waals surface area contributed by atoms with Crippen molar-refractivity contribution in [2.45, 2.75) is 0 Å². The number of anilines is 1.